The highest BCUT2D eigenvalue weighted by atomic mass is 32.1. The number of ether oxygens (including phenoxy) is 1. The zero-order valence-electron chi connectivity index (χ0n) is 13.2. The van der Waals surface area contributed by atoms with Gasteiger partial charge in [0.1, 0.15) is 5.75 Å². The Morgan fingerprint density at radius 1 is 1.26 bits per heavy atom. The minimum absolute atomic E-state index is 0.644. The Morgan fingerprint density at radius 3 is 2.61 bits per heavy atom. The van der Waals surface area contributed by atoms with Crippen LogP contribution in [-0.4, -0.2) is 28.7 Å². The summed E-state index contributed by atoms with van der Waals surface area (Å²) in [7, 11) is 1.66. The van der Waals surface area contributed by atoms with Crippen molar-refractivity contribution in [1.29, 1.82) is 0 Å². The first kappa shape index (κ1) is 17.0. The van der Waals surface area contributed by atoms with Gasteiger partial charge in [0.05, 0.1) is 7.11 Å². The van der Waals surface area contributed by atoms with E-state index in [4.69, 9.17) is 17.0 Å². The molecule has 1 N–H and O–H groups in total. The predicted molar refractivity (Wildman–Crippen MR) is 97.3 cm³/mol. The third-order valence-corrected chi connectivity index (χ3v) is 3.72. The molecule has 0 bridgehead atoms. The Kier molecular flexibility index (Phi) is 6.56. The van der Waals surface area contributed by atoms with Crippen molar-refractivity contribution < 1.29 is 4.74 Å². The first-order valence-electron chi connectivity index (χ1n) is 7.38. The lowest BCUT2D eigenvalue weighted by atomic mass is 10.2. The number of hydrogen-bond donors (Lipinski definition) is 1. The number of nitrogens with zero attached hydrogens (tertiary/aromatic N) is 2. The number of pyridine rings is 1. The van der Waals surface area contributed by atoms with Crippen LogP contribution in [-0.2, 0) is 13.1 Å². The van der Waals surface area contributed by atoms with E-state index in [1.165, 1.54) is 0 Å². The molecule has 2 aromatic rings. The third-order valence-electron chi connectivity index (χ3n) is 3.31. The largest absolute Gasteiger partial charge is 0.497 e. The zero-order valence-corrected chi connectivity index (χ0v) is 14.1. The molecule has 0 saturated heterocycles. The van der Waals surface area contributed by atoms with Crippen molar-refractivity contribution in [3.63, 3.8) is 0 Å². The molecule has 23 heavy (non-hydrogen) atoms. The quantitative estimate of drug-likeness (QED) is 0.624. The second-order valence-electron chi connectivity index (χ2n) is 5.04. The van der Waals surface area contributed by atoms with Gasteiger partial charge in [-0.2, -0.15) is 0 Å². The number of nitrogens with one attached hydrogen (secondary N) is 1. The molecule has 0 spiro atoms. The second-order valence-corrected chi connectivity index (χ2v) is 5.43. The lowest BCUT2D eigenvalue weighted by Gasteiger charge is -2.26. The van der Waals surface area contributed by atoms with Crippen LogP contribution in [0.1, 0.15) is 11.1 Å². The van der Waals surface area contributed by atoms with E-state index < -0.39 is 0 Å². The van der Waals surface area contributed by atoms with Gasteiger partial charge in [-0.3, -0.25) is 4.98 Å². The van der Waals surface area contributed by atoms with Crippen LogP contribution in [0.4, 0.5) is 0 Å². The highest BCUT2D eigenvalue weighted by molar-refractivity contribution is 7.80. The van der Waals surface area contributed by atoms with Crippen LogP contribution in [0, 0.1) is 0 Å². The highest BCUT2D eigenvalue weighted by Gasteiger charge is 2.11. The molecule has 0 amide bonds. The second kappa shape index (κ2) is 8.90. The van der Waals surface area contributed by atoms with E-state index in [9.17, 15) is 0 Å². The van der Waals surface area contributed by atoms with E-state index in [-0.39, 0.29) is 0 Å². The van der Waals surface area contributed by atoms with Crippen molar-refractivity contribution in [1.82, 2.24) is 15.2 Å². The fourth-order valence-electron chi connectivity index (χ4n) is 2.13. The van der Waals surface area contributed by atoms with E-state index in [2.05, 4.69) is 21.8 Å². The fraction of sp³-hybridized carbons (Fsp3) is 0.222. The molecule has 0 atom stereocenters. The molecule has 0 radical (unpaired) electrons. The standard InChI is InChI=1S/C18H21N3OS/c1-3-10-20-18(23)21(14-16-5-4-11-19-12-16)13-15-6-8-17(22-2)9-7-15/h3-9,11-12H,1,10,13-14H2,2H3,(H,20,23). The number of aromatic nitrogens is 1. The fourth-order valence-corrected chi connectivity index (χ4v) is 2.35. The summed E-state index contributed by atoms with van der Waals surface area (Å²) in [6.07, 6.45) is 5.42. The van der Waals surface area contributed by atoms with Gasteiger partial charge in [0.15, 0.2) is 5.11 Å². The number of benzene rings is 1. The Labute approximate surface area is 142 Å². The van der Waals surface area contributed by atoms with Crippen LogP contribution in [0.5, 0.6) is 5.75 Å². The molecule has 1 aromatic heterocycles. The minimum Gasteiger partial charge on any atom is -0.497 e. The van der Waals surface area contributed by atoms with E-state index >= 15 is 0 Å². The first-order valence-corrected chi connectivity index (χ1v) is 7.79. The van der Waals surface area contributed by atoms with Gasteiger partial charge >= 0.3 is 0 Å². The molecular formula is C18H21N3OS. The average Bonchev–Trinajstić information content (AvgIpc) is 2.60. The van der Waals surface area contributed by atoms with E-state index in [1.54, 1.807) is 19.4 Å². The maximum atomic E-state index is 5.51. The number of hydrogen-bond acceptors (Lipinski definition) is 3. The smallest absolute Gasteiger partial charge is 0.169 e. The van der Waals surface area contributed by atoms with Crippen LogP contribution in [0.15, 0.2) is 61.4 Å². The van der Waals surface area contributed by atoms with Gasteiger partial charge in [0, 0.05) is 32.0 Å². The predicted octanol–water partition coefficient (Wildman–Crippen LogP) is 3.15. The summed E-state index contributed by atoms with van der Waals surface area (Å²) in [5.74, 6) is 0.847. The summed E-state index contributed by atoms with van der Waals surface area (Å²) >= 11 is 5.51. The summed E-state index contributed by atoms with van der Waals surface area (Å²) in [4.78, 5) is 6.27. The topological polar surface area (TPSA) is 37.4 Å². The molecule has 0 aliphatic carbocycles. The molecule has 0 fully saturated rings. The Balaban J connectivity index is 2.11. The SMILES string of the molecule is C=CCNC(=S)N(Cc1ccc(OC)cc1)Cc1cccnc1. The van der Waals surface area contributed by atoms with Crippen LogP contribution in [0.25, 0.3) is 0 Å². The van der Waals surface area contributed by atoms with Gasteiger partial charge in [0.2, 0.25) is 0 Å². The van der Waals surface area contributed by atoms with Crippen molar-refractivity contribution >= 4 is 17.3 Å². The lowest BCUT2D eigenvalue weighted by Crippen LogP contribution is -2.38. The summed E-state index contributed by atoms with van der Waals surface area (Å²) < 4.78 is 5.20. The average molecular weight is 327 g/mol. The van der Waals surface area contributed by atoms with Gasteiger partial charge in [0.25, 0.3) is 0 Å². The van der Waals surface area contributed by atoms with Gasteiger partial charge in [-0.1, -0.05) is 24.3 Å². The normalized spacial score (nSPS) is 9.96. The van der Waals surface area contributed by atoms with E-state index in [0.29, 0.717) is 24.7 Å². The summed E-state index contributed by atoms with van der Waals surface area (Å²) in [6.45, 7) is 5.77. The van der Waals surface area contributed by atoms with Crippen molar-refractivity contribution in [3.8, 4) is 5.75 Å². The van der Waals surface area contributed by atoms with Crippen LogP contribution >= 0.6 is 12.2 Å². The monoisotopic (exact) mass is 327 g/mol. The Bertz CT molecular complexity index is 628. The first-order chi connectivity index (χ1) is 11.2. The van der Waals surface area contributed by atoms with Crippen LogP contribution < -0.4 is 10.1 Å². The summed E-state index contributed by atoms with van der Waals surface area (Å²) in [5.41, 5.74) is 2.28. The van der Waals surface area contributed by atoms with Crippen molar-refractivity contribution in [2.24, 2.45) is 0 Å². The highest BCUT2D eigenvalue weighted by Crippen LogP contribution is 2.14. The molecule has 0 unspecified atom stereocenters. The third kappa shape index (κ3) is 5.38. The number of thiocarbonyl (C=S) groups is 1. The molecule has 1 heterocycles. The molecule has 5 heteroatoms. The van der Waals surface area contributed by atoms with Gasteiger partial charge < -0.3 is 15.0 Å². The maximum absolute atomic E-state index is 5.51. The van der Waals surface area contributed by atoms with Gasteiger partial charge in [-0.15, -0.1) is 6.58 Å². The van der Waals surface area contributed by atoms with Crippen molar-refractivity contribution in [3.05, 3.63) is 72.6 Å². The molecule has 2 rings (SSSR count). The van der Waals surface area contributed by atoms with Crippen molar-refractivity contribution in [2.75, 3.05) is 13.7 Å². The summed E-state index contributed by atoms with van der Waals surface area (Å²) in [5, 5.41) is 3.89. The Hall–Kier alpha value is -2.40. The maximum Gasteiger partial charge on any atom is 0.169 e. The Morgan fingerprint density at radius 2 is 2.00 bits per heavy atom. The van der Waals surface area contributed by atoms with Crippen molar-refractivity contribution in [2.45, 2.75) is 13.1 Å². The molecule has 0 aliphatic rings. The number of methoxy groups -OCH3 is 1. The van der Waals surface area contributed by atoms with Gasteiger partial charge in [-0.05, 0) is 41.5 Å². The lowest BCUT2D eigenvalue weighted by molar-refractivity contribution is 0.398. The van der Waals surface area contributed by atoms with Crippen LogP contribution in [0.2, 0.25) is 0 Å². The molecule has 4 nitrogen and oxygen atoms in total. The zero-order chi connectivity index (χ0) is 16.5. The molecule has 1 aromatic carbocycles. The van der Waals surface area contributed by atoms with E-state index in [1.807, 2.05) is 42.6 Å². The molecular weight excluding hydrogens is 306 g/mol. The molecule has 0 aliphatic heterocycles. The van der Waals surface area contributed by atoms with Gasteiger partial charge in [-0.25, -0.2) is 0 Å². The minimum atomic E-state index is 0.644. The summed E-state index contributed by atoms with van der Waals surface area (Å²) in [6, 6.07) is 12.0. The van der Waals surface area contributed by atoms with Crippen LogP contribution in [0.3, 0.4) is 0 Å². The molecule has 120 valence electrons. The van der Waals surface area contributed by atoms with E-state index in [0.717, 1.165) is 16.9 Å². The molecule has 0 saturated carbocycles. The number of rotatable bonds is 7.